The molecule has 2 aromatic carbocycles. The smallest absolute Gasteiger partial charge is 0.255 e. The van der Waals surface area contributed by atoms with Crippen LogP contribution < -0.4 is 10.6 Å². The lowest BCUT2D eigenvalue weighted by Crippen LogP contribution is -2.31. The van der Waals surface area contributed by atoms with Crippen LogP contribution in [0.15, 0.2) is 48.5 Å². The third-order valence-corrected chi connectivity index (χ3v) is 4.73. The van der Waals surface area contributed by atoms with Crippen molar-refractivity contribution in [3.05, 3.63) is 65.2 Å². The number of hydrogen-bond acceptors (Lipinski definition) is 5. The van der Waals surface area contributed by atoms with Crippen molar-refractivity contribution in [1.29, 1.82) is 0 Å². The minimum atomic E-state index is -3.12. The monoisotopic (exact) mass is 403 g/mol. The summed E-state index contributed by atoms with van der Waals surface area (Å²) >= 11 is 0. The van der Waals surface area contributed by atoms with E-state index in [9.17, 15) is 18.0 Å². The van der Waals surface area contributed by atoms with Gasteiger partial charge in [0.2, 0.25) is 0 Å². The molecule has 7 nitrogen and oxygen atoms in total. The van der Waals surface area contributed by atoms with E-state index < -0.39 is 9.84 Å². The fraction of sp³-hybridized carbons (Fsp3) is 0.300. The summed E-state index contributed by atoms with van der Waals surface area (Å²) in [5.41, 5.74) is 1.99. The average molecular weight is 404 g/mol. The van der Waals surface area contributed by atoms with Gasteiger partial charge in [-0.2, -0.15) is 0 Å². The maximum Gasteiger partial charge on any atom is 0.255 e. The van der Waals surface area contributed by atoms with Gasteiger partial charge in [-0.05, 0) is 50.0 Å². The molecule has 8 heteroatoms. The van der Waals surface area contributed by atoms with E-state index in [1.54, 1.807) is 48.5 Å². The number of nitrogens with zero attached hydrogens (tertiary/aromatic N) is 1. The van der Waals surface area contributed by atoms with Crippen molar-refractivity contribution in [3.8, 4) is 0 Å². The molecule has 0 aliphatic heterocycles. The van der Waals surface area contributed by atoms with Crippen LogP contribution >= 0.6 is 0 Å². The summed E-state index contributed by atoms with van der Waals surface area (Å²) in [5, 5.41) is 5.58. The molecule has 0 aliphatic rings. The predicted octanol–water partition coefficient (Wildman–Crippen LogP) is 1.77. The van der Waals surface area contributed by atoms with Crippen LogP contribution in [-0.2, 0) is 15.6 Å². The lowest BCUT2D eigenvalue weighted by atomic mass is 10.1. The molecule has 0 saturated carbocycles. The number of sulfone groups is 1. The van der Waals surface area contributed by atoms with E-state index in [1.807, 2.05) is 19.0 Å². The van der Waals surface area contributed by atoms with Crippen LogP contribution in [0.3, 0.4) is 0 Å². The molecule has 0 radical (unpaired) electrons. The summed E-state index contributed by atoms with van der Waals surface area (Å²) in [5.74, 6) is -0.612. The molecule has 0 aromatic heterocycles. The van der Waals surface area contributed by atoms with Crippen molar-refractivity contribution in [2.24, 2.45) is 0 Å². The summed E-state index contributed by atoms with van der Waals surface area (Å²) < 4.78 is 22.7. The Labute approximate surface area is 165 Å². The zero-order valence-electron chi connectivity index (χ0n) is 16.2. The van der Waals surface area contributed by atoms with Crippen LogP contribution in [-0.4, -0.2) is 58.6 Å². The van der Waals surface area contributed by atoms with Crippen molar-refractivity contribution in [3.63, 3.8) is 0 Å². The van der Waals surface area contributed by atoms with Crippen LogP contribution in [0, 0.1) is 0 Å². The first-order valence-electron chi connectivity index (χ1n) is 8.75. The quantitative estimate of drug-likeness (QED) is 0.700. The molecule has 2 aromatic rings. The molecule has 150 valence electrons. The predicted molar refractivity (Wildman–Crippen MR) is 110 cm³/mol. The number of carbonyl (C=O) groups excluding carboxylic acids is 2. The Morgan fingerprint density at radius 3 is 2.25 bits per heavy atom. The molecule has 2 rings (SSSR count). The average Bonchev–Trinajstić information content (AvgIpc) is 2.60. The van der Waals surface area contributed by atoms with E-state index >= 15 is 0 Å². The number of amides is 2. The molecule has 0 unspecified atom stereocenters. The Kier molecular flexibility index (Phi) is 7.31. The number of hydrogen-bond donors (Lipinski definition) is 2. The standard InChI is InChI=1S/C20H25N3O4S/c1-23(2)12-11-21-19(24)17-5-4-6-18(13-17)22-20(25)16-9-7-15(8-10-16)14-28(3,26)27/h4-10,13H,11-12,14H2,1-3H3,(H,21,24)(H,22,25). The van der Waals surface area contributed by atoms with Crippen molar-refractivity contribution >= 4 is 27.3 Å². The second-order valence-corrected chi connectivity index (χ2v) is 9.00. The summed E-state index contributed by atoms with van der Waals surface area (Å²) in [6.07, 6.45) is 1.16. The van der Waals surface area contributed by atoms with Crippen LogP contribution in [0.2, 0.25) is 0 Å². The first kappa shape index (κ1) is 21.6. The highest BCUT2D eigenvalue weighted by Gasteiger charge is 2.10. The molecule has 0 bridgehead atoms. The maximum absolute atomic E-state index is 12.4. The van der Waals surface area contributed by atoms with Gasteiger partial charge in [0.05, 0.1) is 5.75 Å². The highest BCUT2D eigenvalue weighted by atomic mass is 32.2. The van der Waals surface area contributed by atoms with E-state index in [2.05, 4.69) is 10.6 Å². The summed E-state index contributed by atoms with van der Waals surface area (Å²) in [6, 6.07) is 13.1. The van der Waals surface area contributed by atoms with E-state index in [0.717, 1.165) is 12.8 Å². The second kappa shape index (κ2) is 9.48. The molecular formula is C20H25N3O4S. The Morgan fingerprint density at radius 2 is 1.64 bits per heavy atom. The van der Waals surface area contributed by atoms with E-state index in [4.69, 9.17) is 0 Å². The number of rotatable bonds is 8. The van der Waals surface area contributed by atoms with Crippen molar-refractivity contribution < 1.29 is 18.0 Å². The number of likely N-dealkylation sites (N-methyl/N-ethyl adjacent to an activating group) is 1. The molecule has 0 atom stereocenters. The van der Waals surface area contributed by atoms with E-state index in [1.165, 1.54) is 0 Å². The zero-order valence-corrected chi connectivity index (χ0v) is 17.0. The highest BCUT2D eigenvalue weighted by Crippen LogP contribution is 2.14. The van der Waals surface area contributed by atoms with E-state index in [0.29, 0.717) is 28.9 Å². The molecule has 2 amide bonds. The number of carbonyl (C=O) groups is 2. The lowest BCUT2D eigenvalue weighted by Gasteiger charge is -2.11. The molecule has 0 heterocycles. The largest absolute Gasteiger partial charge is 0.351 e. The van der Waals surface area contributed by atoms with Crippen LogP contribution in [0.1, 0.15) is 26.3 Å². The van der Waals surface area contributed by atoms with Crippen LogP contribution in [0.25, 0.3) is 0 Å². The van der Waals surface area contributed by atoms with E-state index in [-0.39, 0.29) is 17.6 Å². The third-order valence-electron chi connectivity index (χ3n) is 3.87. The van der Waals surface area contributed by atoms with Gasteiger partial charge < -0.3 is 15.5 Å². The van der Waals surface area contributed by atoms with Crippen molar-refractivity contribution in [1.82, 2.24) is 10.2 Å². The first-order chi connectivity index (χ1) is 13.1. The first-order valence-corrected chi connectivity index (χ1v) is 10.8. The molecular weight excluding hydrogens is 378 g/mol. The number of anilines is 1. The number of benzene rings is 2. The van der Waals surface area contributed by atoms with Crippen molar-refractivity contribution in [2.45, 2.75) is 5.75 Å². The molecule has 0 fully saturated rings. The normalized spacial score (nSPS) is 11.3. The van der Waals surface area contributed by atoms with Gasteiger partial charge in [0, 0.05) is 36.2 Å². The molecule has 0 saturated heterocycles. The summed E-state index contributed by atoms with van der Waals surface area (Å²) in [4.78, 5) is 26.6. The van der Waals surface area contributed by atoms with Gasteiger partial charge in [-0.1, -0.05) is 18.2 Å². The van der Waals surface area contributed by atoms with Crippen LogP contribution in [0.4, 0.5) is 5.69 Å². The third kappa shape index (κ3) is 7.13. The minimum Gasteiger partial charge on any atom is -0.351 e. The summed E-state index contributed by atoms with van der Waals surface area (Å²) in [7, 11) is 0.729. The molecule has 0 aliphatic carbocycles. The highest BCUT2D eigenvalue weighted by molar-refractivity contribution is 7.89. The van der Waals surface area contributed by atoms with Gasteiger partial charge in [-0.3, -0.25) is 9.59 Å². The molecule has 0 spiro atoms. The maximum atomic E-state index is 12.4. The van der Waals surface area contributed by atoms with Gasteiger partial charge >= 0.3 is 0 Å². The van der Waals surface area contributed by atoms with Crippen molar-refractivity contribution in [2.75, 3.05) is 38.8 Å². The van der Waals surface area contributed by atoms with Gasteiger partial charge in [-0.25, -0.2) is 8.42 Å². The fourth-order valence-corrected chi connectivity index (χ4v) is 3.29. The van der Waals surface area contributed by atoms with Gasteiger partial charge in [0.25, 0.3) is 11.8 Å². The Morgan fingerprint density at radius 1 is 0.964 bits per heavy atom. The van der Waals surface area contributed by atoms with Gasteiger partial charge in [0.1, 0.15) is 0 Å². The SMILES string of the molecule is CN(C)CCNC(=O)c1cccc(NC(=O)c2ccc(CS(C)(=O)=O)cc2)c1. The minimum absolute atomic E-state index is 0.0696. The van der Waals surface area contributed by atoms with Gasteiger partial charge in [-0.15, -0.1) is 0 Å². The van der Waals surface area contributed by atoms with Gasteiger partial charge in [0.15, 0.2) is 9.84 Å². The summed E-state index contributed by atoms with van der Waals surface area (Å²) in [6.45, 7) is 1.26. The lowest BCUT2D eigenvalue weighted by molar-refractivity contribution is 0.0949. The molecule has 2 N–H and O–H groups in total. The fourth-order valence-electron chi connectivity index (χ4n) is 2.49. The molecule has 28 heavy (non-hydrogen) atoms. The Bertz CT molecular complexity index is 938. The second-order valence-electron chi connectivity index (χ2n) is 6.86. The topological polar surface area (TPSA) is 95.6 Å². The van der Waals surface area contributed by atoms with Crippen LogP contribution in [0.5, 0.6) is 0 Å². The Hall–Kier alpha value is -2.71. The Balaban J connectivity index is 2.01. The number of nitrogens with one attached hydrogen (secondary N) is 2. The zero-order chi connectivity index (χ0) is 20.7.